The van der Waals surface area contributed by atoms with Crippen LogP contribution in [0.1, 0.15) is 19.8 Å². The van der Waals surface area contributed by atoms with E-state index in [0.29, 0.717) is 6.42 Å². The van der Waals surface area contributed by atoms with Gasteiger partial charge in [-0.05, 0) is 12.5 Å². The lowest BCUT2D eigenvalue weighted by Gasteiger charge is -1.97. The summed E-state index contributed by atoms with van der Waals surface area (Å²) in [5.74, 6) is -1.26. The first-order valence-electron chi connectivity index (χ1n) is 4.36. The highest BCUT2D eigenvalue weighted by molar-refractivity contribution is 5.99. The van der Waals surface area contributed by atoms with E-state index in [2.05, 4.69) is 6.58 Å². The van der Waals surface area contributed by atoms with Crippen LogP contribution >= 0.6 is 0 Å². The summed E-state index contributed by atoms with van der Waals surface area (Å²) in [5, 5.41) is 8.71. The highest BCUT2D eigenvalue weighted by Gasteiger charge is 2.09. The molecule has 0 fully saturated rings. The zero-order chi connectivity index (χ0) is 11.0. The zero-order valence-corrected chi connectivity index (χ0v) is 8.19. The number of ketones is 1. The minimum Gasteiger partial charge on any atom is -0.478 e. The summed E-state index contributed by atoms with van der Waals surface area (Å²) >= 11 is 0. The Kier molecular flexibility index (Phi) is 6.03. The summed E-state index contributed by atoms with van der Waals surface area (Å²) in [4.78, 5) is 21.8. The van der Waals surface area contributed by atoms with E-state index in [1.54, 1.807) is 6.08 Å². The Morgan fingerprint density at radius 1 is 1.43 bits per heavy atom. The van der Waals surface area contributed by atoms with Crippen molar-refractivity contribution in [1.29, 1.82) is 0 Å². The second kappa shape index (κ2) is 6.83. The van der Waals surface area contributed by atoms with E-state index in [0.717, 1.165) is 0 Å². The lowest BCUT2D eigenvalue weighted by Crippen LogP contribution is -2.05. The van der Waals surface area contributed by atoms with Crippen LogP contribution in [-0.2, 0) is 9.59 Å². The standard InChI is InChI=1S/C11H14O3/c1-3-5-7-10(12)8-9(6-4-2)11(13)14/h3,5-7H,1,4,8H2,2H3,(H,13,14)/b7-5+,9-6+. The van der Waals surface area contributed by atoms with Gasteiger partial charge in [0.15, 0.2) is 5.78 Å². The first-order valence-corrected chi connectivity index (χ1v) is 4.36. The molecule has 0 saturated carbocycles. The molecule has 0 spiro atoms. The van der Waals surface area contributed by atoms with Crippen molar-refractivity contribution in [2.24, 2.45) is 0 Å². The lowest BCUT2D eigenvalue weighted by molar-refractivity contribution is -0.133. The number of rotatable bonds is 6. The maximum Gasteiger partial charge on any atom is 0.331 e. The smallest absolute Gasteiger partial charge is 0.331 e. The minimum absolute atomic E-state index is 0.0620. The predicted molar refractivity (Wildman–Crippen MR) is 55.0 cm³/mol. The molecule has 0 bridgehead atoms. The second-order valence-corrected chi connectivity index (χ2v) is 2.68. The summed E-state index contributed by atoms with van der Waals surface area (Å²) < 4.78 is 0. The average Bonchev–Trinajstić information content (AvgIpc) is 2.14. The molecule has 0 aliphatic rings. The first-order chi connectivity index (χ1) is 6.61. The molecule has 3 heteroatoms. The van der Waals surface area contributed by atoms with E-state index in [1.165, 1.54) is 18.2 Å². The van der Waals surface area contributed by atoms with Crippen LogP contribution < -0.4 is 0 Å². The molecule has 0 aliphatic heterocycles. The number of carboxylic acids is 1. The van der Waals surface area contributed by atoms with Gasteiger partial charge in [0.1, 0.15) is 0 Å². The van der Waals surface area contributed by atoms with Crippen LogP contribution in [0.25, 0.3) is 0 Å². The van der Waals surface area contributed by atoms with Gasteiger partial charge in [0.05, 0.1) is 0 Å². The molecule has 0 rings (SSSR count). The van der Waals surface area contributed by atoms with Gasteiger partial charge in [-0.1, -0.05) is 31.7 Å². The third kappa shape index (κ3) is 5.09. The molecule has 0 aromatic heterocycles. The van der Waals surface area contributed by atoms with Crippen LogP contribution in [0.2, 0.25) is 0 Å². The van der Waals surface area contributed by atoms with E-state index in [9.17, 15) is 9.59 Å². The van der Waals surface area contributed by atoms with E-state index in [1.807, 2.05) is 6.92 Å². The van der Waals surface area contributed by atoms with Crippen molar-refractivity contribution in [1.82, 2.24) is 0 Å². The van der Waals surface area contributed by atoms with Crippen molar-refractivity contribution < 1.29 is 14.7 Å². The average molecular weight is 194 g/mol. The van der Waals surface area contributed by atoms with E-state index >= 15 is 0 Å². The molecule has 0 aromatic carbocycles. The fourth-order valence-electron chi connectivity index (χ4n) is 0.903. The van der Waals surface area contributed by atoms with Crippen LogP contribution in [0.3, 0.4) is 0 Å². The number of carbonyl (C=O) groups excluding carboxylic acids is 1. The number of hydrogen-bond acceptors (Lipinski definition) is 2. The van der Waals surface area contributed by atoms with Crippen LogP contribution in [0.4, 0.5) is 0 Å². The molecule has 3 nitrogen and oxygen atoms in total. The van der Waals surface area contributed by atoms with Gasteiger partial charge in [0.25, 0.3) is 0 Å². The van der Waals surface area contributed by atoms with Gasteiger partial charge in [0.2, 0.25) is 0 Å². The molecule has 0 radical (unpaired) electrons. The molecule has 0 atom stereocenters. The SMILES string of the molecule is C=C/C=C/C(=O)C/C(=C\CC)C(=O)O. The van der Waals surface area contributed by atoms with Gasteiger partial charge in [-0.3, -0.25) is 4.79 Å². The minimum atomic E-state index is -1.03. The summed E-state index contributed by atoms with van der Waals surface area (Å²) in [5.41, 5.74) is 0.145. The van der Waals surface area contributed by atoms with Gasteiger partial charge in [-0.15, -0.1) is 0 Å². The molecule has 0 aliphatic carbocycles. The molecule has 14 heavy (non-hydrogen) atoms. The van der Waals surface area contributed by atoms with Gasteiger partial charge >= 0.3 is 5.97 Å². The van der Waals surface area contributed by atoms with Crippen molar-refractivity contribution in [3.8, 4) is 0 Å². The molecule has 0 saturated heterocycles. The number of carboxylic acid groups (broad SMARTS) is 1. The maximum atomic E-state index is 11.2. The molecule has 0 unspecified atom stereocenters. The number of allylic oxidation sites excluding steroid dienone is 4. The molecule has 0 amide bonds. The van der Waals surface area contributed by atoms with Crippen molar-refractivity contribution >= 4 is 11.8 Å². The van der Waals surface area contributed by atoms with E-state index in [4.69, 9.17) is 5.11 Å². The molecule has 0 aromatic rings. The summed E-state index contributed by atoms with van der Waals surface area (Å²) in [6.07, 6.45) is 6.38. The highest BCUT2D eigenvalue weighted by Crippen LogP contribution is 2.04. The second-order valence-electron chi connectivity index (χ2n) is 2.68. The van der Waals surface area contributed by atoms with Gasteiger partial charge < -0.3 is 5.11 Å². The normalized spacial score (nSPS) is 11.6. The Bertz CT molecular complexity index is 285. The lowest BCUT2D eigenvalue weighted by atomic mass is 10.1. The molecule has 1 N–H and O–H groups in total. The quantitative estimate of drug-likeness (QED) is 0.520. The van der Waals surface area contributed by atoms with Crippen LogP contribution in [0.15, 0.2) is 36.5 Å². The van der Waals surface area contributed by atoms with Crippen LogP contribution in [-0.4, -0.2) is 16.9 Å². The summed E-state index contributed by atoms with van der Waals surface area (Å²) in [7, 11) is 0. The third-order valence-electron chi connectivity index (χ3n) is 1.51. The Balaban J connectivity index is 4.39. The molecule has 76 valence electrons. The fraction of sp³-hybridized carbons (Fsp3) is 0.273. The third-order valence-corrected chi connectivity index (χ3v) is 1.51. The Morgan fingerprint density at radius 3 is 2.50 bits per heavy atom. The molecular weight excluding hydrogens is 180 g/mol. The summed E-state index contributed by atoms with van der Waals surface area (Å²) in [6.45, 7) is 5.24. The van der Waals surface area contributed by atoms with Gasteiger partial charge in [-0.2, -0.15) is 0 Å². The number of hydrogen-bond donors (Lipinski definition) is 1. The Morgan fingerprint density at radius 2 is 2.07 bits per heavy atom. The zero-order valence-electron chi connectivity index (χ0n) is 8.19. The largest absolute Gasteiger partial charge is 0.478 e. The first kappa shape index (κ1) is 12.4. The summed E-state index contributed by atoms with van der Waals surface area (Å²) in [6, 6.07) is 0. The highest BCUT2D eigenvalue weighted by atomic mass is 16.4. The van der Waals surface area contributed by atoms with E-state index in [-0.39, 0.29) is 17.8 Å². The van der Waals surface area contributed by atoms with Crippen molar-refractivity contribution in [3.63, 3.8) is 0 Å². The van der Waals surface area contributed by atoms with Gasteiger partial charge in [0, 0.05) is 12.0 Å². The molecule has 0 heterocycles. The van der Waals surface area contributed by atoms with Gasteiger partial charge in [-0.25, -0.2) is 4.79 Å². The monoisotopic (exact) mass is 194 g/mol. The van der Waals surface area contributed by atoms with Crippen molar-refractivity contribution in [3.05, 3.63) is 36.5 Å². The van der Waals surface area contributed by atoms with E-state index < -0.39 is 5.97 Å². The van der Waals surface area contributed by atoms with Crippen molar-refractivity contribution in [2.75, 3.05) is 0 Å². The topological polar surface area (TPSA) is 54.4 Å². The molecular formula is C11H14O3. The Labute approximate surface area is 83.4 Å². The fourth-order valence-corrected chi connectivity index (χ4v) is 0.903. The van der Waals surface area contributed by atoms with Crippen LogP contribution in [0.5, 0.6) is 0 Å². The maximum absolute atomic E-state index is 11.2. The van der Waals surface area contributed by atoms with Crippen LogP contribution in [0, 0.1) is 0 Å². The number of aliphatic carboxylic acids is 1. The van der Waals surface area contributed by atoms with Crippen molar-refractivity contribution in [2.45, 2.75) is 19.8 Å². The Hall–Kier alpha value is -1.64. The predicted octanol–water partition coefficient (Wildman–Crippen LogP) is 2.11. The number of carbonyl (C=O) groups is 2.